The minimum absolute atomic E-state index is 0.00375. The van der Waals surface area contributed by atoms with Gasteiger partial charge in [-0.05, 0) is 30.9 Å². The first-order valence-electron chi connectivity index (χ1n) is 15.1. The van der Waals surface area contributed by atoms with E-state index in [0.29, 0.717) is 9.22 Å². The number of aliphatic hydroxyl groups excluding tert-OH is 1. The van der Waals surface area contributed by atoms with Crippen molar-refractivity contribution in [2.45, 2.75) is 50.5 Å². The number of methoxy groups -OCH3 is 1. The van der Waals surface area contributed by atoms with Crippen LogP contribution >= 0.6 is 30.3 Å². The molecule has 258 valence electrons. The van der Waals surface area contributed by atoms with Gasteiger partial charge >= 0.3 is 13.7 Å². The van der Waals surface area contributed by atoms with Crippen molar-refractivity contribution in [3.63, 3.8) is 0 Å². The maximum absolute atomic E-state index is 14.5. The number of anilines is 1. The van der Waals surface area contributed by atoms with E-state index in [-0.39, 0.29) is 35.3 Å². The molecule has 17 heteroatoms. The summed E-state index contributed by atoms with van der Waals surface area (Å²) in [6.45, 7) is 2.31. The van der Waals surface area contributed by atoms with Crippen LogP contribution in [0.4, 0.5) is 5.95 Å². The number of fused-ring (bicyclic) bond motifs is 2. The third kappa shape index (κ3) is 7.21. The van der Waals surface area contributed by atoms with Crippen molar-refractivity contribution in [2.24, 2.45) is 0 Å². The number of ether oxygens (including phenoxy) is 3. The van der Waals surface area contributed by atoms with Gasteiger partial charge in [0.1, 0.15) is 36.2 Å². The smallest absolute Gasteiger partial charge is 0.459 e. The molecule has 1 saturated heterocycles. The van der Waals surface area contributed by atoms with E-state index in [1.54, 1.807) is 24.3 Å². The summed E-state index contributed by atoms with van der Waals surface area (Å²) >= 11 is 1.93. The molecule has 1 aliphatic rings. The molecule has 0 bridgehead atoms. The van der Waals surface area contributed by atoms with E-state index in [9.17, 15) is 19.6 Å². The molecular weight excluding hydrogens is 770 g/mol. The van der Waals surface area contributed by atoms with Crippen molar-refractivity contribution in [3.05, 3.63) is 82.2 Å². The molecule has 2 aromatic heterocycles. The number of nitrogen functional groups attached to an aromatic ring is 1. The Hall–Kier alpha value is -3.90. The van der Waals surface area contributed by atoms with Gasteiger partial charge in [0, 0.05) is 28.0 Å². The zero-order chi connectivity index (χ0) is 34.9. The second kappa shape index (κ2) is 14.1. The van der Waals surface area contributed by atoms with Crippen LogP contribution < -0.4 is 20.1 Å². The maximum atomic E-state index is 14.5. The summed E-state index contributed by atoms with van der Waals surface area (Å²) in [5, 5.41) is 26.9. The predicted molar refractivity (Wildman–Crippen MR) is 187 cm³/mol. The standard InChI is InChI=1S/C32H34IN6O9P/c1-18(28(41)45-16-19-10-5-4-6-11-19)38-49(43,48-22-15-9-13-20-12-7-8-14-21(20)22)46-17-23-25(40)32(2,42)29(47-23)39-26-24(35-30(39)33)27(44-3)37-31(34)36-26/h4-15,18,23,25,29,40,42H,16-17H2,1-3H3,(H,38,43)(H2,34,36,37)/t18-,23+,25+,29?,32+,49?/m0/s1. The number of hydrogen-bond acceptors (Lipinski definition) is 13. The molecule has 3 aromatic carbocycles. The van der Waals surface area contributed by atoms with Gasteiger partial charge in [0.05, 0.1) is 13.7 Å². The molecule has 15 nitrogen and oxygen atoms in total. The van der Waals surface area contributed by atoms with Crippen LogP contribution in [0, 0.1) is 3.83 Å². The average Bonchev–Trinajstić information content (AvgIpc) is 3.52. The van der Waals surface area contributed by atoms with Crippen LogP contribution in [0.3, 0.4) is 0 Å². The summed E-state index contributed by atoms with van der Waals surface area (Å²) in [6.07, 6.45) is -4.03. The molecule has 0 saturated carbocycles. The van der Waals surface area contributed by atoms with Crippen molar-refractivity contribution in [1.29, 1.82) is 0 Å². The van der Waals surface area contributed by atoms with Crippen LogP contribution in [0.25, 0.3) is 21.9 Å². The highest BCUT2D eigenvalue weighted by atomic mass is 127. The number of halogens is 1. The van der Waals surface area contributed by atoms with Crippen molar-refractivity contribution < 1.29 is 42.8 Å². The number of aliphatic hydroxyl groups is 2. The molecule has 0 amide bonds. The quantitative estimate of drug-likeness (QED) is 0.0608. The third-order valence-electron chi connectivity index (χ3n) is 7.97. The number of carbonyl (C=O) groups excluding carboxylic acids is 1. The summed E-state index contributed by atoms with van der Waals surface area (Å²) in [6, 6.07) is 20.5. The van der Waals surface area contributed by atoms with Crippen molar-refractivity contribution >= 4 is 64.2 Å². The fraction of sp³-hybridized carbons (Fsp3) is 0.312. The van der Waals surface area contributed by atoms with Crippen molar-refractivity contribution in [3.8, 4) is 11.6 Å². The zero-order valence-electron chi connectivity index (χ0n) is 26.6. The van der Waals surface area contributed by atoms with Crippen LogP contribution in [0.2, 0.25) is 0 Å². The number of nitrogens with one attached hydrogen (secondary N) is 1. The van der Waals surface area contributed by atoms with E-state index in [0.717, 1.165) is 10.9 Å². The number of carbonyl (C=O) groups is 1. The number of aromatic nitrogens is 4. The van der Waals surface area contributed by atoms with Crippen LogP contribution in [0.5, 0.6) is 11.6 Å². The molecule has 0 radical (unpaired) electrons. The summed E-state index contributed by atoms with van der Waals surface area (Å²) in [7, 11) is -3.01. The molecule has 5 aromatic rings. The monoisotopic (exact) mass is 804 g/mol. The van der Waals surface area contributed by atoms with Gasteiger partial charge in [0.15, 0.2) is 21.2 Å². The van der Waals surface area contributed by atoms with E-state index in [2.05, 4.69) is 20.0 Å². The Morgan fingerprint density at radius 3 is 2.59 bits per heavy atom. The summed E-state index contributed by atoms with van der Waals surface area (Å²) in [5.41, 5.74) is 5.21. The van der Waals surface area contributed by atoms with E-state index in [1.807, 2.05) is 71.1 Å². The van der Waals surface area contributed by atoms with Crippen LogP contribution in [-0.2, 0) is 30.0 Å². The topological polar surface area (TPSA) is 202 Å². The third-order valence-corrected chi connectivity index (χ3v) is 10.4. The fourth-order valence-corrected chi connectivity index (χ4v) is 7.69. The second-order valence-electron chi connectivity index (χ2n) is 11.5. The van der Waals surface area contributed by atoms with Gasteiger partial charge in [-0.3, -0.25) is 13.9 Å². The summed E-state index contributed by atoms with van der Waals surface area (Å²) in [4.78, 5) is 25.7. The Morgan fingerprint density at radius 2 is 1.84 bits per heavy atom. The molecule has 1 fully saturated rings. The molecule has 49 heavy (non-hydrogen) atoms. The minimum Gasteiger partial charge on any atom is -0.479 e. The maximum Gasteiger partial charge on any atom is 0.459 e. The van der Waals surface area contributed by atoms with E-state index in [4.69, 9.17) is 29.0 Å². The number of rotatable bonds is 12. The number of nitrogens with two attached hydrogens (primary N) is 1. The van der Waals surface area contributed by atoms with Crippen molar-refractivity contribution in [2.75, 3.05) is 19.5 Å². The number of hydrogen-bond donors (Lipinski definition) is 4. The lowest BCUT2D eigenvalue weighted by Gasteiger charge is -2.28. The molecule has 6 atom stereocenters. The van der Waals surface area contributed by atoms with Crippen molar-refractivity contribution in [1.82, 2.24) is 24.6 Å². The Kier molecular flexibility index (Phi) is 10.1. The van der Waals surface area contributed by atoms with Crippen LogP contribution in [-0.4, -0.2) is 73.3 Å². The fourth-order valence-electron chi connectivity index (χ4n) is 5.45. The number of imidazole rings is 1. The van der Waals surface area contributed by atoms with Crippen LogP contribution in [0.1, 0.15) is 25.6 Å². The van der Waals surface area contributed by atoms with E-state index >= 15 is 0 Å². The van der Waals surface area contributed by atoms with Gasteiger partial charge in [0.25, 0.3) is 0 Å². The molecule has 6 rings (SSSR count). The Morgan fingerprint density at radius 1 is 1.12 bits per heavy atom. The largest absolute Gasteiger partial charge is 0.479 e. The highest BCUT2D eigenvalue weighted by molar-refractivity contribution is 14.1. The van der Waals surface area contributed by atoms with Gasteiger partial charge in [-0.25, -0.2) is 9.55 Å². The molecule has 3 heterocycles. The lowest BCUT2D eigenvalue weighted by molar-refractivity contribution is -0.146. The first-order valence-corrected chi connectivity index (χ1v) is 17.7. The highest BCUT2D eigenvalue weighted by Crippen LogP contribution is 2.49. The van der Waals surface area contributed by atoms with Crippen LogP contribution in [0.15, 0.2) is 72.8 Å². The first kappa shape index (κ1) is 34.9. The van der Waals surface area contributed by atoms with Gasteiger partial charge < -0.3 is 34.7 Å². The average molecular weight is 805 g/mol. The predicted octanol–water partition coefficient (Wildman–Crippen LogP) is 4.11. The van der Waals surface area contributed by atoms with E-state index in [1.165, 1.54) is 25.5 Å². The first-order chi connectivity index (χ1) is 23.4. The number of esters is 1. The zero-order valence-corrected chi connectivity index (χ0v) is 29.6. The molecule has 5 N–H and O–H groups in total. The number of nitrogens with zero attached hydrogens (tertiary/aromatic N) is 4. The molecule has 0 aliphatic carbocycles. The number of benzene rings is 3. The minimum atomic E-state index is -4.42. The normalized spacial score (nSPS) is 22.5. The highest BCUT2D eigenvalue weighted by Gasteiger charge is 2.55. The summed E-state index contributed by atoms with van der Waals surface area (Å²) < 4.78 is 45.0. The molecule has 1 aliphatic heterocycles. The van der Waals surface area contributed by atoms with Gasteiger partial charge in [0.2, 0.25) is 11.8 Å². The lowest BCUT2D eigenvalue weighted by atomic mass is 9.96. The van der Waals surface area contributed by atoms with Gasteiger partial charge in [-0.15, -0.1) is 0 Å². The molecule has 2 unspecified atom stereocenters. The van der Waals surface area contributed by atoms with E-state index < -0.39 is 50.4 Å². The lowest BCUT2D eigenvalue weighted by Crippen LogP contribution is -2.45. The second-order valence-corrected chi connectivity index (χ2v) is 14.2. The Labute approximate surface area is 294 Å². The van der Waals surface area contributed by atoms with Gasteiger partial charge in [-0.2, -0.15) is 15.1 Å². The SMILES string of the molecule is COc1nc(N)nc2c1nc(I)n2C1O[C@H](COP(=O)(N[C@@H](C)C(=O)OCc2ccccc2)Oc2cccc3ccccc23)[C@@H](O)[C@@]1(C)O. The summed E-state index contributed by atoms with van der Waals surface area (Å²) in [5.74, 6) is -0.463. The molecule has 0 spiro atoms. The Balaban J connectivity index is 1.25. The molecular formula is C32H34IN6O9P. The Bertz CT molecular complexity index is 2030. The van der Waals surface area contributed by atoms with Gasteiger partial charge in [-0.1, -0.05) is 66.7 Å².